The van der Waals surface area contributed by atoms with Crippen molar-refractivity contribution in [3.05, 3.63) is 95.7 Å². The van der Waals surface area contributed by atoms with Crippen molar-refractivity contribution in [2.45, 2.75) is 20.0 Å². The summed E-state index contributed by atoms with van der Waals surface area (Å²) in [6.07, 6.45) is -4.37. The van der Waals surface area contributed by atoms with E-state index in [4.69, 9.17) is 4.98 Å². The first-order valence-corrected chi connectivity index (χ1v) is 9.97. The van der Waals surface area contributed by atoms with Crippen molar-refractivity contribution in [1.29, 1.82) is 0 Å². The van der Waals surface area contributed by atoms with Crippen molar-refractivity contribution in [2.75, 3.05) is 0 Å². The van der Waals surface area contributed by atoms with E-state index in [-0.39, 0.29) is 0 Å². The van der Waals surface area contributed by atoms with Crippen molar-refractivity contribution in [1.82, 2.24) is 4.98 Å². The highest BCUT2D eigenvalue weighted by Gasteiger charge is 2.31. The molecule has 1 aromatic heterocycles. The molecule has 0 N–H and O–H groups in total. The summed E-state index contributed by atoms with van der Waals surface area (Å²) in [5, 5.41) is 0. The van der Waals surface area contributed by atoms with Crippen molar-refractivity contribution >= 4 is 0 Å². The van der Waals surface area contributed by atoms with Crippen LogP contribution in [0.15, 0.2) is 78.9 Å². The van der Waals surface area contributed by atoms with Crippen LogP contribution < -0.4 is 4.57 Å². The summed E-state index contributed by atoms with van der Waals surface area (Å²) in [4.78, 5) is 4.98. The monoisotopic (exact) mass is 419 g/mol. The third-order valence-corrected chi connectivity index (χ3v) is 5.56. The average Bonchev–Trinajstić information content (AvgIpc) is 2.76. The zero-order valence-corrected chi connectivity index (χ0v) is 17.5. The van der Waals surface area contributed by atoms with Gasteiger partial charge in [0.2, 0.25) is 11.4 Å². The van der Waals surface area contributed by atoms with E-state index in [2.05, 4.69) is 23.6 Å². The summed E-state index contributed by atoms with van der Waals surface area (Å²) in [5.41, 5.74) is 6.41. The molecule has 4 rings (SSSR count). The molecule has 0 radical (unpaired) electrons. The van der Waals surface area contributed by atoms with E-state index in [0.717, 1.165) is 45.9 Å². The van der Waals surface area contributed by atoms with Crippen LogP contribution >= 0.6 is 0 Å². The van der Waals surface area contributed by atoms with Crippen LogP contribution in [-0.2, 0) is 13.2 Å². The third-order valence-electron chi connectivity index (χ3n) is 5.56. The normalized spacial score (nSPS) is 11.5. The number of rotatable bonds is 3. The second kappa shape index (κ2) is 7.99. The van der Waals surface area contributed by atoms with E-state index < -0.39 is 11.7 Å². The minimum absolute atomic E-state index is 0.648. The van der Waals surface area contributed by atoms with Gasteiger partial charge in [0.15, 0.2) is 0 Å². The van der Waals surface area contributed by atoms with E-state index in [1.807, 2.05) is 56.4 Å². The van der Waals surface area contributed by atoms with Gasteiger partial charge in [0.1, 0.15) is 18.4 Å². The lowest BCUT2D eigenvalue weighted by Gasteiger charge is -2.14. The van der Waals surface area contributed by atoms with Crippen LogP contribution in [0.3, 0.4) is 0 Å². The fourth-order valence-corrected chi connectivity index (χ4v) is 3.77. The smallest absolute Gasteiger partial charge is 0.234 e. The summed E-state index contributed by atoms with van der Waals surface area (Å²) >= 11 is 0. The van der Waals surface area contributed by atoms with Gasteiger partial charge < -0.3 is 0 Å². The van der Waals surface area contributed by atoms with Gasteiger partial charge in [-0.25, -0.2) is 4.98 Å². The first kappa shape index (κ1) is 20.8. The summed E-state index contributed by atoms with van der Waals surface area (Å²) in [6.45, 7) is 4.00. The number of aryl methyl sites for hydroxylation is 1. The predicted molar refractivity (Wildman–Crippen MR) is 116 cm³/mol. The first-order valence-electron chi connectivity index (χ1n) is 9.97. The van der Waals surface area contributed by atoms with Crippen LogP contribution in [0.1, 0.15) is 16.8 Å². The molecule has 0 aliphatic carbocycles. The molecule has 0 spiro atoms. The molecule has 3 aromatic carbocycles. The van der Waals surface area contributed by atoms with Crippen LogP contribution in [0.5, 0.6) is 0 Å². The highest BCUT2D eigenvalue weighted by atomic mass is 19.4. The van der Waals surface area contributed by atoms with E-state index >= 15 is 0 Å². The molecular formula is C26H22F3N2+. The van der Waals surface area contributed by atoms with Gasteiger partial charge >= 0.3 is 6.18 Å². The van der Waals surface area contributed by atoms with Gasteiger partial charge in [0, 0.05) is 18.1 Å². The average molecular weight is 419 g/mol. The zero-order chi connectivity index (χ0) is 22.2. The lowest BCUT2D eigenvalue weighted by molar-refractivity contribution is -0.666. The molecule has 4 aromatic rings. The maximum atomic E-state index is 13.0. The van der Waals surface area contributed by atoms with Crippen LogP contribution in [-0.4, -0.2) is 4.98 Å². The fourth-order valence-electron chi connectivity index (χ4n) is 3.77. The lowest BCUT2D eigenvalue weighted by Crippen LogP contribution is -2.37. The molecule has 156 valence electrons. The summed E-state index contributed by atoms with van der Waals surface area (Å²) < 4.78 is 41.1. The molecule has 31 heavy (non-hydrogen) atoms. The van der Waals surface area contributed by atoms with Crippen molar-refractivity contribution in [2.24, 2.45) is 7.05 Å². The Labute approximate surface area is 179 Å². The Kier molecular flexibility index (Phi) is 5.36. The minimum atomic E-state index is -4.37. The lowest BCUT2D eigenvalue weighted by atomic mass is 9.98. The number of aromatic nitrogens is 2. The number of alkyl halides is 3. The fraction of sp³-hybridized carbons (Fsp3) is 0.154. The highest BCUT2D eigenvalue weighted by molar-refractivity contribution is 5.79. The topological polar surface area (TPSA) is 16.8 Å². The summed E-state index contributed by atoms with van der Waals surface area (Å²) in [5.74, 6) is 0. The Morgan fingerprint density at radius 2 is 1.29 bits per heavy atom. The standard InChI is InChI=1S/C26H22F3N2/c1-17-9-7-8-12-22(17)25-24(19-10-5-4-6-11-19)30-23(18(2)31(25)3)20-13-15-21(16-14-20)26(27,28)29/h4-16H,1-3H3/q+1. The first-order chi connectivity index (χ1) is 14.8. The second-order valence-electron chi connectivity index (χ2n) is 7.56. The van der Waals surface area contributed by atoms with Crippen LogP contribution in [0.2, 0.25) is 0 Å². The quantitative estimate of drug-likeness (QED) is 0.345. The molecule has 0 saturated carbocycles. The van der Waals surface area contributed by atoms with Crippen molar-refractivity contribution < 1.29 is 17.7 Å². The van der Waals surface area contributed by atoms with E-state index in [1.165, 1.54) is 12.1 Å². The third kappa shape index (κ3) is 3.96. The summed E-state index contributed by atoms with van der Waals surface area (Å²) in [6, 6.07) is 23.1. The Morgan fingerprint density at radius 1 is 0.710 bits per heavy atom. The van der Waals surface area contributed by atoms with Gasteiger partial charge in [0.05, 0.1) is 11.1 Å². The maximum Gasteiger partial charge on any atom is 0.416 e. The maximum absolute atomic E-state index is 13.0. The molecule has 0 atom stereocenters. The van der Waals surface area contributed by atoms with Gasteiger partial charge in [-0.3, -0.25) is 0 Å². The molecule has 5 heteroatoms. The zero-order valence-electron chi connectivity index (χ0n) is 17.5. The Balaban J connectivity index is 1.98. The molecule has 0 unspecified atom stereocenters. The second-order valence-corrected chi connectivity index (χ2v) is 7.56. The number of halogens is 3. The number of benzene rings is 3. The molecule has 0 bridgehead atoms. The minimum Gasteiger partial charge on any atom is -0.234 e. The predicted octanol–water partition coefficient (Wildman–Crippen LogP) is 6.54. The van der Waals surface area contributed by atoms with Gasteiger partial charge in [-0.15, -0.1) is 0 Å². The molecule has 1 heterocycles. The largest absolute Gasteiger partial charge is 0.416 e. The molecule has 2 nitrogen and oxygen atoms in total. The molecule has 0 aliphatic heterocycles. The Bertz CT molecular complexity index is 1230. The molecule has 0 saturated heterocycles. The van der Waals surface area contributed by atoms with E-state index in [1.54, 1.807) is 0 Å². The number of hydrogen-bond acceptors (Lipinski definition) is 1. The van der Waals surface area contributed by atoms with Crippen LogP contribution in [0.4, 0.5) is 13.2 Å². The Hall–Kier alpha value is -3.47. The van der Waals surface area contributed by atoms with Crippen LogP contribution in [0.25, 0.3) is 33.8 Å². The van der Waals surface area contributed by atoms with E-state index in [0.29, 0.717) is 11.3 Å². The van der Waals surface area contributed by atoms with E-state index in [9.17, 15) is 13.2 Å². The molecule has 0 aliphatic rings. The SMILES string of the molecule is Cc1ccccc1-c1c(-c2ccccc2)nc(-c2ccc(C(F)(F)F)cc2)c(C)[n+]1C. The van der Waals surface area contributed by atoms with Gasteiger partial charge in [-0.2, -0.15) is 17.7 Å². The molecular weight excluding hydrogens is 397 g/mol. The summed E-state index contributed by atoms with van der Waals surface area (Å²) in [7, 11) is 1.97. The molecule has 0 fully saturated rings. The van der Waals surface area contributed by atoms with Gasteiger partial charge in [0.25, 0.3) is 0 Å². The van der Waals surface area contributed by atoms with Crippen LogP contribution in [0, 0.1) is 13.8 Å². The van der Waals surface area contributed by atoms with Gasteiger partial charge in [-0.05, 0) is 30.7 Å². The number of hydrogen-bond donors (Lipinski definition) is 0. The van der Waals surface area contributed by atoms with Crippen molar-refractivity contribution in [3.8, 4) is 33.8 Å². The highest BCUT2D eigenvalue weighted by Crippen LogP contribution is 2.34. The number of nitrogens with zero attached hydrogens (tertiary/aromatic N) is 2. The Morgan fingerprint density at radius 3 is 1.90 bits per heavy atom. The molecule has 0 amide bonds. The van der Waals surface area contributed by atoms with Crippen molar-refractivity contribution in [3.63, 3.8) is 0 Å². The van der Waals surface area contributed by atoms with Gasteiger partial charge in [-0.1, -0.05) is 60.7 Å².